The Morgan fingerprint density at radius 2 is 2.18 bits per heavy atom. The van der Waals surface area contributed by atoms with Gasteiger partial charge in [-0.05, 0) is 4.92 Å². The van der Waals surface area contributed by atoms with Crippen molar-refractivity contribution in [3.05, 3.63) is 22.1 Å². The number of rotatable bonds is 7. The highest BCUT2D eigenvalue weighted by molar-refractivity contribution is 5.87. The van der Waals surface area contributed by atoms with Crippen LogP contribution in [0.1, 0.15) is 12.2 Å². The summed E-state index contributed by atoms with van der Waals surface area (Å²) < 4.78 is 5.42. The molecule has 0 aliphatic carbocycles. The maximum atomic E-state index is 11.9. The molecule has 0 bridgehead atoms. The fraction of sp³-hybridized carbons (Fsp3) is 0.455. The lowest BCUT2D eigenvalue weighted by Gasteiger charge is -2.14. The molecule has 0 radical (unpaired) electrons. The monoisotopic (exact) mass is 314 g/mol. The van der Waals surface area contributed by atoms with Crippen molar-refractivity contribution in [2.24, 2.45) is 0 Å². The second-order valence-electron chi connectivity index (χ2n) is 4.25. The van der Waals surface area contributed by atoms with Crippen molar-refractivity contribution in [3.8, 4) is 0 Å². The molecule has 1 aromatic heterocycles. The summed E-state index contributed by atoms with van der Waals surface area (Å²) in [5, 5.41) is 21.7. The zero-order valence-electron chi connectivity index (χ0n) is 11.8. The van der Waals surface area contributed by atoms with Crippen LogP contribution < -0.4 is 5.32 Å². The molecule has 0 aliphatic heterocycles. The number of aromatic nitrogens is 2. The molecule has 1 aromatic rings. The van der Waals surface area contributed by atoms with Crippen molar-refractivity contribution in [2.45, 2.75) is 25.9 Å². The minimum absolute atomic E-state index is 0.231. The van der Waals surface area contributed by atoms with E-state index in [4.69, 9.17) is 5.11 Å². The molecule has 120 valence electrons. The van der Waals surface area contributed by atoms with Crippen molar-refractivity contribution in [1.82, 2.24) is 14.9 Å². The molecule has 0 saturated carbocycles. The maximum Gasteiger partial charge on any atom is 0.343 e. The molecule has 0 spiro atoms. The number of aliphatic carboxylic acids is 1. The van der Waals surface area contributed by atoms with Crippen LogP contribution in [0.2, 0.25) is 0 Å². The number of carbonyl (C=O) groups is 3. The van der Waals surface area contributed by atoms with E-state index in [9.17, 15) is 24.5 Å². The molecule has 1 amide bonds. The predicted molar refractivity (Wildman–Crippen MR) is 69.8 cm³/mol. The smallest absolute Gasteiger partial charge is 0.343 e. The Morgan fingerprint density at radius 1 is 1.55 bits per heavy atom. The lowest BCUT2D eigenvalue weighted by Crippen LogP contribution is -2.44. The largest absolute Gasteiger partial charge is 0.481 e. The Morgan fingerprint density at radius 3 is 2.68 bits per heavy atom. The summed E-state index contributed by atoms with van der Waals surface area (Å²) in [5.74, 6) is -3.16. The van der Waals surface area contributed by atoms with Gasteiger partial charge in [-0.15, -0.1) is 0 Å². The number of methoxy groups -OCH3 is 1. The van der Waals surface area contributed by atoms with E-state index in [1.54, 1.807) is 0 Å². The number of nitro groups is 1. The van der Waals surface area contributed by atoms with Gasteiger partial charge in [-0.3, -0.25) is 9.59 Å². The molecule has 0 fully saturated rings. The number of carboxylic acid groups (broad SMARTS) is 1. The average Bonchev–Trinajstić information content (AvgIpc) is 2.78. The zero-order chi connectivity index (χ0) is 16.9. The molecular formula is C11H14N4O7. The molecule has 0 saturated heterocycles. The summed E-state index contributed by atoms with van der Waals surface area (Å²) in [7, 11) is 1.05. The van der Waals surface area contributed by atoms with Gasteiger partial charge in [0.25, 0.3) is 5.91 Å². The molecule has 0 aromatic carbocycles. The number of esters is 1. The summed E-state index contributed by atoms with van der Waals surface area (Å²) in [6.07, 6.45) is 0.334. The number of imidazole rings is 1. The van der Waals surface area contributed by atoms with Gasteiger partial charge in [-0.2, -0.15) is 0 Å². The van der Waals surface area contributed by atoms with Gasteiger partial charge in [0.05, 0.1) is 13.5 Å². The van der Waals surface area contributed by atoms with Gasteiger partial charge < -0.3 is 25.3 Å². The predicted octanol–water partition coefficient (Wildman–Crippen LogP) is -0.768. The number of nitrogens with one attached hydrogen (secondary N) is 1. The van der Waals surface area contributed by atoms with E-state index < -0.39 is 41.8 Å². The van der Waals surface area contributed by atoms with Gasteiger partial charge in [-0.25, -0.2) is 14.3 Å². The van der Waals surface area contributed by atoms with Crippen molar-refractivity contribution < 1.29 is 29.2 Å². The number of hydrogen-bond donors (Lipinski definition) is 2. The number of carboxylic acids is 1. The molecule has 0 aliphatic rings. The van der Waals surface area contributed by atoms with Gasteiger partial charge in [0.1, 0.15) is 12.2 Å². The number of amides is 1. The number of nitrogens with zero attached hydrogens (tertiary/aromatic N) is 3. The Kier molecular flexibility index (Phi) is 5.55. The maximum absolute atomic E-state index is 11.9. The van der Waals surface area contributed by atoms with Crippen LogP contribution in [-0.4, -0.2) is 50.6 Å². The van der Waals surface area contributed by atoms with Crippen LogP contribution in [0.5, 0.6) is 0 Å². The van der Waals surface area contributed by atoms with Crippen LogP contribution in [0, 0.1) is 17.0 Å². The van der Waals surface area contributed by atoms with Gasteiger partial charge >= 0.3 is 17.8 Å². The molecule has 1 atom stereocenters. The summed E-state index contributed by atoms with van der Waals surface area (Å²) in [4.78, 5) is 47.7. The van der Waals surface area contributed by atoms with Gasteiger partial charge in [0, 0.05) is 6.92 Å². The van der Waals surface area contributed by atoms with Crippen LogP contribution in [0.25, 0.3) is 0 Å². The van der Waals surface area contributed by atoms with Crippen LogP contribution in [0.3, 0.4) is 0 Å². The van der Waals surface area contributed by atoms with Gasteiger partial charge in [0.2, 0.25) is 0 Å². The van der Waals surface area contributed by atoms with Crippen LogP contribution in [-0.2, 0) is 25.7 Å². The molecular weight excluding hydrogens is 300 g/mol. The van der Waals surface area contributed by atoms with Crippen LogP contribution in [0.15, 0.2) is 6.20 Å². The van der Waals surface area contributed by atoms with Crippen molar-refractivity contribution in [3.63, 3.8) is 0 Å². The SMILES string of the molecule is COC(=O)[C@H](CC(=O)O)NC(=O)Cn1c([N+](=O)[O-])cnc1C. The number of hydrogen-bond acceptors (Lipinski definition) is 7. The van der Waals surface area contributed by atoms with E-state index in [-0.39, 0.29) is 11.6 Å². The van der Waals surface area contributed by atoms with Crippen molar-refractivity contribution >= 4 is 23.7 Å². The quantitative estimate of drug-likeness (QED) is 0.378. The lowest BCUT2D eigenvalue weighted by atomic mass is 10.2. The van der Waals surface area contributed by atoms with E-state index in [1.807, 2.05) is 0 Å². The highest BCUT2D eigenvalue weighted by Gasteiger charge is 2.27. The normalized spacial score (nSPS) is 11.5. The van der Waals surface area contributed by atoms with Crippen LogP contribution in [0.4, 0.5) is 5.82 Å². The van der Waals surface area contributed by atoms with Crippen molar-refractivity contribution in [1.29, 1.82) is 0 Å². The highest BCUT2D eigenvalue weighted by atomic mass is 16.6. The first-order valence-electron chi connectivity index (χ1n) is 6.01. The van der Waals surface area contributed by atoms with E-state index in [1.165, 1.54) is 6.92 Å². The Balaban J connectivity index is 2.84. The molecule has 0 unspecified atom stereocenters. The summed E-state index contributed by atoms with van der Waals surface area (Å²) in [6.45, 7) is 0.991. The zero-order valence-corrected chi connectivity index (χ0v) is 11.8. The van der Waals surface area contributed by atoms with Crippen LogP contribution >= 0.6 is 0 Å². The molecule has 1 rings (SSSR count). The number of ether oxygens (including phenoxy) is 1. The first-order chi connectivity index (χ1) is 10.3. The lowest BCUT2D eigenvalue weighted by molar-refractivity contribution is -0.392. The first-order valence-corrected chi connectivity index (χ1v) is 6.01. The van der Waals surface area contributed by atoms with Gasteiger partial charge in [-0.1, -0.05) is 0 Å². The van der Waals surface area contributed by atoms with Crippen molar-refractivity contribution in [2.75, 3.05) is 7.11 Å². The summed E-state index contributed by atoms with van der Waals surface area (Å²) >= 11 is 0. The molecule has 2 N–H and O–H groups in total. The summed E-state index contributed by atoms with van der Waals surface area (Å²) in [6, 6.07) is -1.38. The minimum atomic E-state index is -1.38. The minimum Gasteiger partial charge on any atom is -0.481 e. The van der Waals surface area contributed by atoms with Gasteiger partial charge in [0.15, 0.2) is 12.4 Å². The van der Waals surface area contributed by atoms with E-state index in [0.717, 1.165) is 17.9 Å². The molecule has 22 heavy (non-hydrogen) atoms. The second kappa shape index (κ2) is 7.15. The molecule has 1 heterocycles. The third kappa shape index (κ3) is 4.26. The fourth-order valence-corrected chi connectivity index (χ4v) is 1.69. The number of aryl methyl sites for hydroxylation is 1. The Bertz CT molecular complexity index is 610. The topological polar surface area (TPSA) is 154 Å². The number of carbonyl (C=O) groups excluding carboxylic acids is 2. The highest BCUT2D eigenvalue weighted by Crippen LogP contribution is 2.13. The summed E-state index contributed by atoms with van der Waals surface area (Å²) in [5.41, 5.74) is 0. The third-order valence-corrected chi connectivity index (χ3v) is 2.72. The molecule has 11 heteroatoms. The van der Waals surface area contributed by atoms with E-state index in [0.29, 0.717) is 0 Å². The second-order valence-corrected chi connectivity index (χ2v) is 4.25. The average molecular weight is 314 g/mol. The van der Waals surface area contributed by atoms with E-state index >= 15 is 0 Å². The molecule has 11 nitrogen and oxygen atoms in total. The van der Waals surface area contributed by atoms with E-state index in [2.05, 4.69) is 15.0 Å². The Hall–Kier alpha value is -2.98. The Labute approximate surface area is 124 Å². The third-order valence-electron chi connectivity index (χ3n) is 2.72. The first kappa shape index (κ1) is 17.1. The standard InChI is InChI=1S/C11H14N4O7/c1-6-12-4-9(15(20)21)14(6)5-8(16)13-7(3-10(17)18)11(19)22-2/h4,7H,3,5H2,1-2H3,(H,13,16)(H,17,18)/t7-/m0/s1. The fourth-order valence-electron chi connectivity index (χ4n) is 1.69.